The van der Waals surface area contributed by atoms with Crippen LogP contribution in [0.3, 0.4) is 0 Å². The first-order valence-corrected chi connectivity index (χ1v) is 5.69. The molecule has 1 heterocycles. The number of ketones is 1. The van der Waals surface area contributed by atoms with Crippen LogP contribution in [0, 0.1) is 5.92 Å². The van der Waals surface area contributed by atoms with E-state index in [9.17, 15) is 9.59 Å². The molecular weight excluding hydrogens is 236 g/mol. The molecule has 96 valence electrons. The fourth-order valence-corrected chi connectivity index (χ4v) is 1.85. The first-order chi connectivity index (χ1) is 8.67. The molecule has 0 spiro atoms. The van der Waals surface area contributed by atoms with Crippen molar-refractivity contribution in [1.29, 1.82) is 0 Å². The SMILES string of the molecule is CCC(C(=O)OC)C(=O)c1ccc2c(c1)OCO2. The second kappa shape index (κ2) is 5.08. The second-order valence-electron chi connectivity index (χ2n) is 3.92. The highest BCUT2D eigenvalue weighted by Crippen LogP contribution is 2.33. The van der Waals surface area contributed by atoms with E-state index in [1.807, 2.05) is 0 Å². The van der Waals surface area contributed by atoms with Gasteiger partial charge in [0.05, 0.1) is 7.11 Å². The molecule has 0 saturated carbocycles. The van der Waals surface area contributed by atoms with Crippen molar-refractivity contribution in [1.82, 2.24) is 0 Å². The molecule has 2 rings (SSSR count). The minimum absolute atomic E-state index is 0.154. The maximum absolute atomic E-state index is 12.2. The van der Waals surface area contributed by atoms with Crippen molar-refractivity contribution in [3.8, 4) is 11.5 Å². The van der Waals surface area contributed by atoms with E-state index in [2.05, 4.69) is 4.74 Å². The van der Waals surface area contributed by atoms with E-state index >= 15 is 0 Å². The maximum Gasteiger partial charge on any atom is 0.316 e. The highest BCUT2D eigenvalue weighted by Gasteiger charge is 2.27. The van der Waals surface area contributed by atoms with Gasteiger partial charge in [0, 0.05) is 5.56 Å². The normalized spacial score (nSPS) is 14.1. The zero-order valence-electron chi connectivity index (χ0n) is 10.3. The van der Waals surface area contributed by atoms with E-state index in [0.717, 1.165) is 0 Å². The van der Waals surface area contributed by atoms with E-state index in [4.69, 9.17) is 9.47 Å². The molecule has 0 amide bonds. The van der Waals surface area contributed by atoms with Crippen LogP contribution in [0.25, 0.3) is 0 Å². The number of ether oxygens (including phenoxy) is 3. The number of carbonyl (C=O) groups is 2. The summed E-state index contributed by atoms with van der Waals surface area (Å²) in [4.78, 5) is 23.7. The fraction of sp³-hybridized carbons (Fsp3) is 0.385. The lowest BCUT2D eigenvalue weighted by Crippen LogP contribution is -2.24. The standard InChI is InChI=1S/C13H14O5/c1-3-9(13(15)16-2)12(14)8-4-5-10-11(6-8)18-7-17-10/h4-6,9H,3,7H2,1-2H3. The van der Waals surface area contributed by atoms with Crippen LogP contribution >= 0.6 is 0 Å². The van der Waals surface area contributed by atoms with Crippen molar-refractivity contribution in [2.24, 2.45) is 5.92 Å². The molecular formula is C13H14O5. The predicted molar refractivity (Wildman–Crippen MR) is 62.7 cm³/mol. The number of fused-ring (bicyclic) bond motifs is 1. The third kappa shape index (κ3) is 2.16. The lowest BCUT2D eigenvalue weighted by molar-refractivity contribution is -0.143. The van der Waals surface area contributed by atoms with Gasteiger partial charge < -0.3 is 14.2 Å². The second-order valence-corrected chi connectivity index (χ2v) is 3.92. The smallest absolute Gasteiger partial charge is 0.316 e. The van der Waals surface area contributed by atoms with Crippen LogP contribution in [-0.2, 0) is 9.53 Å². The number of rotatable bonds is 4. The summed E-state index contributed by atoms with van der Waals surface area (Å²) in [6.45, 7) is 1.92. The molecule has 0 saturated heterocycles. The van der Waals surface area contributed by atoms with Gasteiger partial charge in [-0.2, -0.15) is 0 Å². The van der Waals surface area contributed by atoms with Crippen molar-refractivity contribution < 1.29 is 23.8 Å². The summed E-state index contributed by atoms with van der Waals surface area (Å²) in [5.41, 5.74) is 0.427. The molecule has 1 aromatic carbocycles. The molecule has 0 aliphatic carbocycles. The zero-order valence-corrected chi connectivity index (χ0v) is 10.3. The Bertz CT molecular complexity index is 480. The highest BCUT2D eigenvalue weighted by atomic mass is 16.7. The van der Waals surface area contributed by atoms with Gasteiger partial charge in [0.1, 0.15) is 5.92 Å². The van der Waals surface area contributed by atoms with Crippen molar-refractivity contribution in [2.75, 3.05) is 13.9 Å². The summed E-state index contributed by atoms with van der Waals surface area (Å²) < 4.78 is 15.0. The molecule has 1 aliphatic rings. The number of hydrogen-bond acceptors (Lipinski definition) is 5. The van der Waals surface area contributed by atoms with Crippen LogP contribution in [0.15, 0.2) is 18.2 Å². The van der Waals surface area contributed by atoms with Gasteiger partial charge in [-0.15, -0.1) is 0 Å². The Morgan fingerprint density at radius 3 is 2.72 bits per heavy atom. The van der Waals surface area contributed by atoms with Crippen LogP contribution < -0.4 is 9.47 Å². The van der Waals surface area contributed by atoms with E-state index in [0.29, 0.717) is 23.5 Å². The molecule has 0 aromatic heterocycles. The average Bonchev–Trinajstić information content (AvgIpc) is 2.86. The Kier molecular flexibility index (Phi) is 3.50. The van der Waals surface area contributed by atoms with Crippen molar-refractivity contribution in [2.45, 2.75) is 13.3 Å². The highest BCUT2D eigenvalue weighted by molar-refractivity contribution is 6.08. The summed E-state index contributed by atoms with van der Waals surface area (Å²) in [6, 6.07) is 4.89. The van der Waals surface area contributed by atoms with Crippen LogP contribution in [0.4, 0.5) is 0 Å². The Morgan fingerprint density at radius 2 is 2.06 bits per heavy atom. The van der Waals surface area contributed by atoms with Gasteiger partial charge in [0.25, 0.3) is 0 Å². The predicted octanol–water partition coefficient (Wildman–Crippen LogP) is 1.80. The average molecular weight is 250 g/mol. The van der Waals surface area contributed by atoms with E-state index in [-0.39, 0.29) is 12.6 Å². The van der Waals surface area contributed by atoms with Crippen LogP contribution in [0.1, 0.15) is 23.7 Å². The quantitative estimate of drug-likeness (QED) is 0.463. The lowest BCUT2D eigenvalue weighted by atomic mass is 9.95. The molecule has 5 nitrogen and oxygen atoms in total. The molecule has 1 aliphatic heterocycles. The molecule has 1 aromatic rings. The van der Waals surface area contributed by atoms with Gasteiger partial charge in [-0.1, -0.05) is 6.92 Å². The Balaban J connectivity index is 2.25. The summed E-state index contributed by atoms with van der Waals surface area (Å²) in [5, 5.41) is 0. The van der Waals surface area contributed by atoms with Gasteiger partial charge in [0.2, 0.25) is 6.79 Å². The third-order valence-electron chi connectivity index (χ3n) is 2.87. The number of hydrogen-bond donors (Lipinski definition) is 0. The van der Waals surface area contributed by atoms with E-state index in [1.54, 1.807) is 25.1 Å². The summed E-state index contributed by atoms with van der Waals surface area (Å²) in [7, 11) is 1.28. The molecule has 0 fully saturated rings. The zero-order chi connectivity index (χ0) is 13.1. The Morgan fingerprint density at radius 1 is 1.33 bits per heavy atom. The van der Waals surface area contributed by atoms with Gasteiger partial charge in [0.15, 0.2) is 17.3 Å². The molecule has 0 radical (unpaired) electrons. The van der Waals surface area contributed by atoms with Gasteiger partial charge in [-0.05, 0) is 24.6 Å². The Hall–Kier alpha value is -2.04. The minimum atomic E-state index is -0.768. The number of Topliss-reactive ketones (excluding diaryl/α,β-unsaturated/α-hetero) is 1. The molecule has 0 N–H and O–H groups in total. The van der Waals surface area contributed by atoms with Gasteiger partial charge in [-0.3, -0.25) is 9.59 Å². The largest absolute Gasteiger partial charge is 0.468 e. The van der Waals surface area contributed by atoms with Crippen molar-refractivity contribution in [3.63, 3.8) is 0 Å². The third-order valence-corrected chi connectivity index (χ3v) is 2.87. The summed E-state index contributed by atoms with van der Waals surface area (Å²) in [5.74, 6) is -0.406. The number of esters is 1. The van der Waals surface area contributed by atoms with Gasteiger partial charge in [-0.25, -0.2) is 0 Å². The topological polar surface area (TPSA) is 61.8 Å². The fourth-order valence-electron chi connectivity index (χ4n) is 1.85. The molecule has 1 unspecified atom stereocenters. The van der Waals surface area contributed by atoms with E-state index < -0.39 is 11.9 Å². The lowest BCUT2D eigenvalue weighted by Gasteiger charge is -2.11. The molecule has 5 heteroatoms. The van der Waals surface area contributed by atoms with Crippen molar-refractivity contribution >= 4 is 11.8 Å². The Labute approximate surface area is 105 Å². The number of benzene rings is 1. The molecule has 1 atom stereocenters. The summed E-state index contributed by atoms with van der Waals surface area (Å²) >= 11 is 0. The molecule has 18 heavy (non-hydrogen) atoms. The van der Waals surface area contributed by atoms with Crippen LogP contribution in [0.2, 0.25) is 0 Å². The first-order valence-electron chi connectivity index (χ1n) is 5.69. The monoisotopic (exact) mass is 250 g/mol. The summed E-state index contributed by atoms with van der Waals surface area (Å²) in [6.07, 6.45) is 0.403. The van der Waals surface area contributed by atoms with Gasteiger partial charge >= 0.3 is 5.97 Å². The maximum atomic E-state index is 12.2. The van der Waals surface area contributed by atoms with Crippen LogP contribution in [0.5, 0.6) is 11.5 Å². The number of carbonyl (C=O) groups excluding carboxylic acids is 2. The first kappa shape index (κ1) is 12.4. The molecule has 0 bridgehead atoms. The van der Waals surface area contributed by atoms with Crippen LogP contribution in [-0.4, -0.2) is 25.7 Å². The van der Waals surface area contributed by atoms with Crippen molar-refractivity contribution in [3.05, 3.63) is 23.8 Å². The number of methoxy groups -OCH3 is 1. The minimum Gasteiger partial charge on any atom is -0.468 e. The van der Waals surface area contributed by atoms with E-state index in [1.165, 1.54) is 7.11 Å².